The van der Waals surface area contributed by atoms with Crippen LogP contribution in [0.2, 0.25) is 10.0 Å². The van der Waals surface area contributed by atoms with Gasteiger partial charge in [-0.2, -0.15) is 0 Å². The number of nitrogens with one attached hydrogen (secondary N) is 1. The van der Waals surface area contributed by atoms with Crippen LogP contribution in [0.4, 0.5) is 0 Å². The first-order chi connectivity index (χ1) is 10.8. The number of carbonyl (C=O) groups excluding carboxylic acids is 2. The van der Waals surface area contributed by atoms with Crippen LogP contribution >= 0.6 is 23.2 Å². The molecule has 120 valence electrons. The molecular formula is C18H17Cl2NO2. The summed E-state index contributed by atoms with van der Waals surface area (Å²) in [5.41, 5.74) is 0.191. The topological polar surface area (TPSA) is 46.2 Å². The summed E-state index contributed by atoms with van der Waals surface area (Å²) in [5, 5.41) is 3.72. The fourth-order valence-electron chi connectivity index (χ4n) is 2.07. The maximum absolute atomic E-state index is 12.5. The number of Topliss-reactive ketones (excluding diaryl/α,β-unsaturated/α-hetero) is 1. The van der Waals surface area contributed by atoms with Gasteiger partial charge in [-0.1, -0.05) is 47.5 Å². The molecule has 23 heavy (non-hydrogen) atoms. The molecule has 2 aromatic rings. The van der Waals surface area contributed by atoms with Gasteiger partial charge in [-0.25, -0.2) is 0 Å². The highest BCUT2D eigenvalue weighted by Gasteiger charge is 2.29. The molecule has 0 unspecified atom stereocenters. The van der Waals surface area contributed by atoms with E-state index in [2.05, 4.69) is 5.32 Å². The zero-order chi connectivity index (χ0) is 17.0. The minimum atomic E-state index is -1.00. The second kappa shape index (κ2) is 7.16. The van der Waals surface area contributed by atoms with Crippen molar-refractivity contribution in [3.8, 4) is 0 Å². The van der Waals surface area contributed by atoms with E-state index in [0.29, 0.717) is 21.2 Å². The Kier molecular flexibility index (Phi) is 5.45. The molecule has 0 saturated carbocycles. The number of benzene rings is 2. The lowest BCUT2D eigenvalue weighted by Gasteiger charge is -2.25. The van der Waals surface area contributed by atoms with Crippen molar-refractivity contribution in [1.29, 1.82) is 0 Å². The van der Waals surface area contributed by atoms with E-state index in [0.717, 1.165) is 0 Å². The van der Waals surface area contributed by atoms with Crippen LogP contribution < -0.4 is 5.32 Å². The highest BCUT2D eigenvalue weighted by Crippen LogP contribution is 2.23. The molecule has 0 aliphatic rings. The third-order valence-corrected chi connectivity index (χ3v) is 4.11. The number of hydrogen-bond acceptors (Lipinski definition) is 2. The summed E-state index contributed by atoms with van der Waals surface area (Å²) < 4.78 is 0. The molecule has 2 aromatic carbocycles. The Morgan fingerprint density at radius 2 is 1.70 bits per heavy atom. The van der Waals surface area contributed by atoms with Crippen molar-refractivity contribution in [2.45, 2.75) is 25.8 Å². The van der Waals surface area contributed by atoms with Crippen LogP contribution in [-0.4, -0.2) is 17.2 Å². The second-order valence-corrected chi connectivity index (χ2v) is 6.62. The number of rotatable bonds is 5. The largest absolute Gasteiger partial charge is 0.340 e. The predicted octanol–water partition coefficient (Wildman–Crippen LogP) is 4.31. The van der Waals surface area contributed by atoms with Gasteiger partial charge in [0.1, 0.15) is 0 Å². The average Bonchev–Trinajstić information content (AvgIpc) is 2.50. The summed E-state index contributed by atoms with van der Waals surface area (Å²) in [7, 11) is 0. The molecule has 0 fully saturated rings. The Balaban J connectivity index is 2.09. The van der Waals surface area contributed by atoms with E-state index in [1.807, 2.05) is 6.07 Å². The van der Waals surface area contributed by atoms with Gasteiger partial charge in [-0.05, 0) is 43.7 Å². The van der Waals surface area contributed by atoms with E-state index in [1.165, 1.54) is 0 Å². The standard InChI is InChI=1S/C18H17Cl2NO2/c1-18(2,21-17(23)12-6-4-3-5-7-12)16(22)10-13-8-9-14(19)11-15(13)20/h3-9,11H,10H2,1-2H3,(H,21,23). The van der Waals surface area contributed by atoms with E-state index < -0.39 is 5.54 Å². The molecule has 0 saturated heterocycles. The first kappa shape index (κ1) is 17.5. The highest BCUT2D eigenvalue weighted by molar-refractivity contribution is 6.35. The van der Waals surface area contributed by atoms with Gasteiger partial charge in [0, 0.05) is 22.0 Å². The van der Waals surface area contributed by atoms with Crippen LogP contribution in [0.25, 0.3) is 0 Å². The zero-order valence-corrected chi connectivity index (χ0v) is 14.4. The number of halogens is 2. The van der Waals surface area contributed by atoms with Crippen molar-refractivity contribution in [2.24, 2.45) is 0 Å². The Hall–Kier alpha value is -1.84. The molecule has 1 N–H and O–H groups in total. The monoisotopic (exact) mass is 349 g/mol. The Labute approximate surface area is 145 Å². The predicted molar refractivity (Wildman–Crippen MR) is 93.2 cm³/mol. The number of ketones is 1. The molecule has 0 heterocycles. The van der Waals surface area contributed by atoms with Crippen LogP contribution in [0.15, 0.2) is 48.5 Å². The molecule has 0 atom stereocenters. The minimum Gasteiger partial charge on any atom is -0.340 e. The quantitative estimate of drug-likeness (QED) is 0.873. The summed E-state index contributed by atoms with van der Waals surface area (Å²) in [6, 6.07) is 13.8. The molecule has 0 radical (unpaired) electrons. The summed E-state index contributed by atoms with van der Waals surface area (Å²) in [4.78, 5) is 24.8. The van der Waals surface area contributed by atoms with Crippen LogP contribution in [0.3, 0.4) is 0 Å². The highest BCUT2D eigenvalue weighted by atomic mass is 35.5. The fraction of sp³-hybridized carbons (Fsp3) is 0.222. The smallest absolute Gasteiger partial charge is 0.252 e. The molecule has 5 heteroatoms. The van der Waals surface area contributed by atoms with E-state index in [-0.39, 0.29) is 18.1 Å². The lowest BCUT2D eigenvalue weighted by atomic mass is 9.93. The van der Waals surface area contributed by atoms with Crippen molar-refractivity contribution in [3.63, 3.8) is 0 Å². The van der Waals surface area contributed by atoms with Gasteiger partial charge in [0.15, 0.2) is 5.78 Å². The van der Waals surface area contributed by atoms with Crippen LogP contribution in [0.1, 0.15) is 29.8 Å². The van der Waals surface area contributed by atoms with Crippen molar-refractivity contribution >= 4 is 34.9 Å². The van der Waals surface area contributed by atoms with Gasteiger partial charge >= 0.3 is 0 Å². The summed E-state index contributed by atoms with van der Waals surface area (Å²) >= 11 is 12.0. The van der Waals surface area contributed by atoms with Crippen molar-refractivity contribution < 1.29 is 9.59 Å². The zero-order valence-electron chi connectivity index (χ0n) is 12.9. The molecule has 2 rings (SSSR count). The molecule has 3 nitrogen and oxygen atoms in total. The number of hydrogen-bond donors (Lipinski definition) is 1. The van der Waals surface area contributed by atoms with Gasteiger partial charge in [-0.3, -0.25) is 9.59 Å². The van der Waals surface area contributed by atoms with Gasteiger partial charge in [0.25, 0.3) is 5.91 Å². The van der Waals surface area contributed by atoms with E-state index >= 15 is 0 Å². The van der Waals surface area contributed by atoms with Gasteiger partial charge < -0.3 is 5.32 Å². The van der Waals surface area contributed by atoms with Crippen molar-refractivity contribution in [1.82, 2.24) is 5.32 Å². The lowest BCUT2D eigenvalue weighted by Crippen LogP contribution is -2.50. The summed E-state index contributed by atoms with van der Waals surface area (Å²) in [5.74, 6) is -0.419. The maximum Gasteiger partial charge on any atom is 0.252 e. The third-order valence-electron chi connectivity index (χ3n) is 3.53. The molecule has 1 amide bonds. The molecular weight excluding hydrogens is 333 g/mol. The van der Waals surface area contributed by atoms with Crippen molar-refractivity contribution in [2.75, 3.05) is 0 Å². The first-order valence-corrected chi connectivity index (χ1v) is 7.90. The lowest BCUT2D eigenvalue weighted by molar-refractivity contribution is -0.123. The second-order valence-electron chi connectivity index (χ2n) is 5.78. The van der Waals surface area contributed by atoms with Gasteiger partial charge in [0.05, 0.1) is 5.54 Å². The number of carbonyl (C=O) groups is 2. The summed E-state index contributed by atoms with van der Waals surface area (Å²) in [6.07, 6.45) is 0.123. The third kappa shape index (κ3) is 4.57. The van der Waals surface area contributed by atoms with Crippen molar-refractivity contribution in [3.05, 3.63) is 69.7 Å². The Bertz CT molecular complexity index is 727. The normalized spacial score (nSPS) is 11.1. The van der Waals surface area contributed by atoms with Crippen LogP contribution in [0.5, 0.6) is 0 Å². The Morgan fingerprint density at radius 1 is 1.04 bits per heavy atom. The van der Waals surface area contributed by atoms with E-state index in [1.54, 1.807) is 56.3 Å². The molecule has 0 bridgehead atoms. The van der Waals surface area contributed by atoms with Gasteiger partial charge in [-0.15, -0.1) is 0 Å². The average molecular weight is 350 g/mol. The number of amides is 1. The Morgan fingerprint density at radius 3 is 2.30 bits per heavy atom. The van der Waals surface area contributed by atoms with Crippen LogP contribution in [-0.2, 0) is 11.2 Å². The molecule has 0 aliphatic heterocycles. The maximum atomic E-state index is 12.5. The van der Waals surface area contributed by atoms with Crippen LogP contribution in [0, 0.1) is 0 Å². The summed E-state index contributed by atoms with van der Waals surface area (Å²) in [6.45, 7) is 3.36. The molecule has 0 aliphatic carbocycles. The van der Waals surface area contributed by atoms with E-state index in [4.69, 9.17) is 23.2 Å². The first-order valence-electron chi connectivity index (χ1n) is 7.14. The van der Waals surface area contributed by atoms with Gasteiger partial charge in [0.2, 0.25) is 0 Å². The van der Waals surface area contributed by atoms with E-state index in [9.17, 15) is 9.59 Å². The fourth-order valence-corrected chi connectivity index (χ4v) is 2.55. The molecule has 0 spiro atoms. The minimum absolute atomic E-state index is 0.123. The molecule has 0 aromatic heterocycles. The SMILES string of the molecule is CC(C)(NC(=O)c1ccccc1)C(=O)Cc1ccc(Cl)cc1Cl.